The summed E-state index contributed by atoms with van der Waals surface area (Å²) in [6.45, 7) is 4.03. The standard InChI is InChI=1S/C10H15FN4S/c1-6(9(12)16)4-15(3)10-8(11)7(2)13-5-14-10/h5-6H,4H2,1-3H3,(H2,12,16). The van der Waals surface area contributed by atoms with E-state index < -0.39 is 5.82 Å². The maximum Gasteiger partial charge on any atom is 0.186 e. The second kappa shape index (κ2) is 5.16. The predicted octanol–water partition coefficient (Wildman–Crippen LogP) is 1.28. The molecule has 0 bridgehead atoms. The maximum absolute atomic E-state index is 13.7. The summed E-state index contributed by atoms with van der Waals surface area (Å²) in [6, 6.07) is 0. The molecule has 2 N–H and O–H groups in total. The second-order valence-electron chi connectivity index (χ2n) is 3.78. The van der Waals surface area contributed by atoms with E-state index in [1.807, 2.05) is 6.92 Å². The summed E-state index contributed by atoms with van der Waals surface area (Å²) in [5, 5.41) is 0. The third-order valence-electron chi connectivity index (χ3n) is 2.34. The van der Waals surface area contributed by atoms with Gasteiger partial charge in [-0.3, -0.25) is 0 Å². The van der Waals surface area contributed by atoms with E-state index in [-0.39, 0.29) is 11.7 Å². The first-order valence-corrected chi connectivity index (χ1v) is 5.31. The zero-order valence-corrected chi connectivity index (χ0v) is 10.4. The van der Waals surface area contributed by atoms with Crippen molar-refractivity contribution in [1.82, 2.24) is 9.97 Å². The normalized spacial score (nSPS) is 12.2. The minimum atomic E-state index is -0.403. The Morgan fingerprint density at radius 1 is 1.62 bits per heavy atom. The molecule has 0 saturated carbocycles. The topological polar surface area (TPSA) is 55.0 Å². The van der Waals surface area contributed by atoms with Gasteiger partial charge < -0.3 is 10.6 Å². The number of hydrogen-bond acceptors (Lipinski definition) is 4. The molecule has 16 heavy (non-hydrogen) atoms. The van der Waals surface area contributed by atoms with Crippen molar-refractivity contribution >= 4 is 23.0 Å². The Hall–Kier alpha value is -1.30. The molecule has 1 rings (SSSR count). The highest BCUT2D eigenvalue weighted by molar-refractivity contribution is 7.80. The van der Waals surface area contributed by atoms with Crippen LogP contribution in [0.4, 0.5) is 10.2 Å². The number of nitrogens with zero attached hydrogens (tertiary/aromatic N) is 3. The van der Waals surface area contributed by atoms with Gasteiger partial charge in [0.05, 0.1) is 10.7 Å². The molecule has 88 valence electrons. The lowest BCUT2D eigenvalue weighted by molar-refractivity contribution is 0.591. The van der Waals surface area contributed by atoms with Crippen LogP contribution in [0, 0.1) is 18.7 Å². The number of anilines is 1. The molecule has 0 radical (unpaired) electrons. The van der Waals surface area contributed by atoms with Crippen molar-refractivity contribution in [1.29, 1.82) is 0 Å². The quantitative estimate of drug-likeness (QED) is 0.806. The highest BCUT2D eigenvalue weighted by Crippen LogP contribution is 2.16. The molecule has 1 aromatic heterocycles. The van der Waals surface area contributed by atoms with Gasteiger partial charge in [-0.15, -0.1) is 0 Å². The molecule has 0 aliphatic carbocycles. The number of halogens is 1. The van der Waals surface area contributed by atoms with E-state index in [0.29, 0.717) is 17.2 Å². The molecule has 0 aromatic carbocycles. The van der Waals surface area contributed by atoms with Gasteiger partial charge in [-0.25, -0.2) is 14.4 Å². The highest BCUT2D eigenvalue weighted by Gasteiger charge is 2.15. The monoisotopic (exact) mass is 242 g/mol. The summed E-state index contributed by atoms with van der Waals surface area (Å²) < 4.78 is 13.7. The van der Waals surface area contributed by atoms with Gasteiger partial charge in [-0.1, -0.05) is 19.1 Å². The molecule has 1 unspecified atom stereocenters. The van der Waals surface area contributed by atoms with Gasteiger partial charge in [0.1, 0.15) is 6.33 Å². The number of nitrogens with two attached hydrogens (primary N) is 1. The fourth-order valence-corrected chi connectivity index (χ4v) is 1.37. The fraction of sp³-hybridized carbons (Fsp3) is 0.500. The molecule has 0 aliphatic heterocycles. The molecule has 0 aliphatic rings. The molecular weight excluding hydrogens is 227 g/mol. The molecule has 0 fully saturated rings. The Morgan fingerprint density at radius 3 is 2.81 bits per heavy atom. The number of aromatic nitrogens is 2. The van der Waals surface area contributed by atoms with Crippen molar-refractivity contribution in [3.8, 4) is 0 Å². The van der Waals surface area contributed by atoms with E-state index >= 15 is 0 Å². The fourth-order valence-electron chi connectivity index (χ4n) is 1.30. The average molecular weight is 242 g/mol. The smallest absolute Gasteiger partial charge is 0.186 e. The molecule has 4 nitrogen and oxygen atoms in total. The van der Waals surface area contributed by atoms with Gasteiger partial charge in [-0.05, 0) is 6.92 Å². The van der Waals surface area contributed by atoms with Crippen LogP contribution in [0.25, 0.3) is 0 Å². The Labute approximate surface area is 99.7 Å². The zero-order valence-electron chi connectivity index (χ0n) is 9.57. The van der Waals surface area contributed by atoms with E-state index in [4.69, 9.17) is 18.0 Å². The first-order chi connectivity index (χ1) is 7.43. The van der Waals surface area contributed by atoms with Crippen molar-refractivity contribution < 1.29 is 4.39 Å². The summed E-state index contributed by atoms with van der Waals surface area (Å²) in [5.41, 5.74) is 5.84. The van der Waals surface area contributed by atoms with Crippen molar-refractivity contribution in [2.75, 3.05) is 18.5 Å². The predicted molar refractivity (Wildman–Crippen MR) is 65.9 cm³/mol. The van der Waals surface area contributed by atoms with Crippen molar-refractivity contribution in [2.45, 2.75) is 13.8 Å². The Kier molecular flexibility index (Phi) is 4.12. The van der Waals surface area contributed by atoms with Crippen LogP contribution in [0.15, 0.2) is 6.33 Å². The summed E-state index contributed by atoms with van der Waals surface area (Å²) in [4.78, 5) is 9.78. The Balaban J connectivity index is 2.84. The summed E-state index contributed by atoms with van der Waals surface area (Å²) in [6.07, 6.45) is 1.34. The lowest BCUT2D eigenvalue weighted by Crippen LogP contribution is -2.32. The molecule has 0 saturated heterocycles. The molecular formula is C10H15FN4S. The highest BCUT2D eigenvalue weighted by atomic mass is 32.1. The zero-order chi connectivity index (χ0) is 12.3. The van der Waals surface area contributed by atoms with Gasteiger partial charge in [0.15, 0.2) is 11.6 Å². The molecule has 1 aromatic rings. The van der Waals surface area contributed by atoms with Crippen LogP contribution in [0.5, 0.6) is 0 Å². The Bertz CT molecular complexity index is 396. The number of thiocarbonyl (C=S) groups is 1. The molecule has 1 atom stereocenters. The van der Waals surface area contributed by atoms with Crippen molar-refractivity contribution in [2.24, 2.45) is 11.7 Å². The third-order valence-corrected chi connectivity index (χ3v) is 2.74. The van der Waals surface area contributed by atoms with Crippen LogP contribution in [0.3, 0.4) is 0 Å². The van der Waals surface area contributed by atoms with E-state index in [1.54, 1.807) is 18.9 Å². The van der Waals surface area contributed by atoms with Gasteiger partial charge in [0, 0.05) is 19.5 Å². The van der Waals surface area contributed by atoms with Gasteiger partial charge in [-0.2, -0.15) is 0 Å². The van der Waals surface area contributed by atoms with E-state index in [2.05, 4.69) is 9.97 Å². The number of rotatable bonds is 4. The minimum absolute atomic E-state index is 0.00896. The average Bonchev–Trinajstić information content (AvgIpc) is 2.21. The first-order valence-electron chi connectivity index (χ1n) is 4.91. The third kappa shape index (κ3) is 2.85. The van der Waals surface area contributed by atoms with Crippen LogP contribution < -0.4 is 10.6 Å². The SMILES string of the molecule is Cc1ncnc(N(C)CC(C)C(N)=S)c1F. The van der Waals surface area contributed by atoms with Crippen LogP contribution >= 0.6 is 12.2 Å². The molecule has 0 spiro atoms. The summed E-state index contributed by atoms with van der Waals surface area (Å²) >= 11 is 4.87. The lowest BCUT2D eigenvalue weighted by atomic mass is 10.1. The molecule has 0 amide bonds. The number of hydrogen-bond donors (Lipinski definition) is 1. The van der Waals surface area contributed by atoms with Gasteiger partial charge >= 0.3 is 0 Å². The van der Waals surface area contributed by atoms with E-state index in [9.17, 15) is 4.39 Å². The summed E-state index contributed by atoms with van der Waals surface area (Å²) in [5.74, 6) is -0.120. The maximum atomic E-state index is 13.7. The lowest BCUT2D eigenvalue weighted by Gasteiger charge is -2.22. The molecule has 6 heteroatoms. The van der Waals surface area contributed by atoms with E-state index in [1.165, 1.54) is 6.33 Å². The number of aryl methyl sites for hydroxylation is 1. The van der Waals surface area contributed by atoms with Gasteiger partial charge in [0.2, 0.25) is 0 Å². The van der Waals surface area contributed by atoms with Crippen molar-refractivity contribution in [3.05, 3.63) is 17.8 Å². The van der Waals surface area contributed by atoms with Crippen LogP contribution in [-0.4, -0.2) is 28.5 Å². The van der Waals surface area contributed by atoms with E-state index in [0.717, 1.165) is 0 Å². The van der Waals surface area contributed by atoms with Crippen LogP contribution in [0.2, 0.25) is 0 Å². The Morgan fingerprint density at radius 2 is 2.25 bits per heavy atom. The first kappa shape index (κ1) is 12.8. The van der Waals surface area contributed by atoms with Crippen LogP contribution in [-0.2, 0) is 0 Å². The van der Waals surface area contributed by atoms with Gasteiger partial charge in [0.25, 0.3) is 0 Å². The summed E-state index contributed by atoms with van der Waals surface area (Å²) in [7, 11) is 1.75. The van der Waals surface area contributed by atoms with Crippen LogP contribution in [0.1, 0.15) is 12.6 Å². The molecule has 1 heterocycles. The largest absolute Gasteiger partial charge is 0.393 e. The van der Waals surface area contributed by atoms with Crippen molar-refractivity contribution in [3.63, 3.8) is 0 Å². The second-order valence-corrected chi connectivity index (χ2v) is 4.25. The minimum Gasteiger partial charge on any atom is -0.393 e.